The fraction of sp³-hybridized carbons (Fsp3) is 0.500. The van der Waals surface area contributed by atoms with E-state index in [1.807, 2.05) is 30.3 Å². The first-order valence-electron chi connectivity index (χ1n) is 5.04. The van der Waals surface area contributed by atoms with E-state index in [4.69, 9.17) is 4.74 Å². The maximum Gasteiger partial charge on any atom is 0.116 e. The summed E-state index contributed by atoms with van der Waals surface area (Å²) in [5.41, 5.74) is 0.208. The van der Waals surface area contributed by atoms with Crippen LogP contribution >= 0.6 is 0 Å². The molecule has 0 aliphatic heterocycles. The molecule has 2 rings (SSSR count). The molecule has 76 valence electrons. The molecular weight excluding hydrogens is 176 g/mol. The lowest BCUT2D eigenvalue weighted by Gasteiger charge is -2.27. The Kier molecular flexibility index (Phi) is 2.57. The predicted molar refractivity (Wildman–Crippen MR) is 54.9 cm³/mol. The summed E-state index contributed by atoms with van der Waals surface area (Å²) in [6, 6.07) is 9.81. The maximum atomic E-state index is 10.5. The van der Waals surface area contributed by atoms with Crippen LogP contribution in [0.25, 0.3) is 0 Å². The van der Waals surface area contributed by atoms with Crippen LogP contribution in [0.3, 0.4) is 0 Å². The highest BCUT2D eigenvalue weighted by Gasteiger charge is 2.44. The van der Waals surface area contributed by atoms with Crippen LogP contribution in [0.15, 0.2) is 30.3 Å². The first-order valence-corrected chi connectivity index (χ1v) is 5.04. The summed E-state index contributed by atoms with van der Waals surface area (Å²) in [6.07, 6.45) is 2.21. The van der Waals surface area contributed by atoms with Crippen molar-refractivity contribution in [3.8, 4) is 0 Å². The van der Waals surface area contributed by atoms with E-state index in [-0.39, 0.29) is 0 Å². The van der Waals surface area contributed by atoms with Gasteiger partial charge < -0.3 is 9.84 Å². The Bertz CT molecular complexity index is 292. The number of methoxy groups -OCH3 is 1. The fourth-order valence-corrected chi connectivity index (χ4v) is 1.94. The van der Waals surface area contributed by atoms with Crippen LogP contribution in [0.4, 0.5) is 0 Å². The molecule has 2 nitrogen and oxygen atoms in total. The number of benzene rings is 1. The zero-order valence-electron chi connectivity index (χ0n) is 8.44. The number of hydrogen-bond acceptors (Lipinski definition) is 2. The molecule has 1 unspecified atom stereocenters. The Morgan fingerprint density at radius 2 is 2.00 bits per heavy atom. The molecular formula is C12H16O2. The quantitative estimate of drug-likeness (QED) is 0.789. The van der Waals surface area contributed by atoms with Gasteiger partial charge in [0.25, 0.3) is 0 Å². The van der Waals surface area contributed by atoms with Crippen LogP contribution in [0.2, 0.25) is 0 Å². The SMILES string of the molecule is COCC(O)(c1ccccc1)C1CC1. The first-order chi connectivity index (χ1) is 6.77. The highest BCUT2D eigenvalue weighted by molar-refractivity contribution is 5.25. The molecule has 0 amide bonds. The van der Waals surface area contributed by atoms with Gasteiger partial charge in [0.05, 0.1) is 6.61 Å². The van der Waals surface area contributed by atoms with E-state index in [0.717, 1.165) is 18.4 Å². The summed E-state index contributed by atoms with van der Waals surface area (Å²) in [5, 5.41) is 10.5. The molecule has 0 aromatic heterocycles. The van der Waals surface area contributed by atoms with Crippen molar-refractivity contribution in [3.63, 3.8) is 0 Å². The normalized spacial score (nSPS) is 20.4. The van der Waals surface area contributed by atoms with E-state index in [1.54, 1.807) is 7.11 Å². The minimum atomic E-state index is -0.768. The van der Waals surface area contributed by atoms with Crippen molar-refractivity contribution in [2.75, 3.05) is 13.7 Å². The topological polar surface area (TPSA) is 29.5 Å². The van der Waals surface area contributed by atoms with Gasteiger partial charge in [-0.1, -0.05) is 30.3 Å². The number of aliphatic hydroxyl groups is 1. The van der Waals surface area contributed by atoms with Crippen molar-refractivity contribution in [1.29, 1.82) is 0 Å². The first kappa shape index (κ1) is 9.69. The summed E-state index contributed by atoms with van der Waals surface area (Å²) >= 11 is 0. The van der Waals surface area contributed by atoms with Crippen LogP contribution in [0, 0.1) is 5.92 Å². The zero-order valence-corrected chi connectivity index (χ0v) is 8.44. The van der Waals surface area contributed by atoms with Crippen LogP contribution < -0.4 is 0 Å². The van der Waals surface area contributed by atoms with Gasteiger partial charge in [-0.25, -0.2) is 0 Å². The van der Waals surface area contributed by atoms with Crippen molar-refractivity contribution in [3.05, 3.63) is 35.9 Å². The van der Waals surface area contributed by atoms with Crippen molar-refractivity contribution >= 4 is 0 Å². The monoisotopic (exact) mass is 192 g/mol. The van der Waals surface area contributed by atoms with Crippen molar-refractivity contribution in [2.45, 2.75) is 18.4 Å². The van der Waals surface area contributed by atoms with Gasteiger partial charge in [-0.05, 0) is 24.3 Å². The highest BCUT2D eigenvalue weighted by Crippen LogP contribution is 2.45. The molecule has 2 heteroatoms. The molecule has 14 heavy (non-hydrogen) atoms. The van der Waals surface area contributed by atoms with Crippen LogP contribution in [0.1, 0.15) is 18.4 Å². The Labute approximate surface area is 84.5 Å². The number of rotatable bonds is 4. The minimum Gasteiger partial charge on any atom is -0.382 e. The molecule has 1 aromatic rings. The van der Waals surface area contributed by atoms with Crippen LogP contribution in [-0.4, -0.2) is 18.8 Å². The second-order valence-corrected chi connectivity index (χ2v) is 4.00. The van der Waals surface area contributed by atoms with Gasteiger partial charge in [-0.2, -0.15) is 0 Å². The van der Waals surface area contributed by atoms with Gasteiger partial charge in [0.2, 0.25) is 0 Å². The Morgan fingerprint density at radius 3 is 2.50 bits per heavy atom. The molecule has 1 saturated carbocycles. The zero-order chi connectivity index (χ0) is 10.0. The van der Waals surface area contributed by atoms with E-state index in [9.17, 15) is 5.11 Å². The number of hydrogen-bond donors (Lipinski definition) is 1. The molecule has 1 fully saturated rings. The largest absolute Gasteiger partial charge is 0.382 e. The van der Waals surface area contributed by atoms with E-state index in [2.05, 4.69) is 0 Å². The molecule has 0 saturated heterocycles. The maximum absolute atomic E-state index is 10.5. The smallest absolute Gasteiger partial charge is 0.116 e. The molecule has 1 atom stereocenters. The molecule has 1 aromatic carbocycles. The highest BCUT2D eigenvalue weighted by atomic mass is 16.5. The third kappa shape index (κ3) is 1.68. The van der Waals surface area contributed by atoms with E-state index >= 15 is 0 Å². The third-order valence-corrected chi connectivity index (χ3v) is 2.89. The molecule has 1 aliphatic rings. The van der Waals surface area contributed by atoms with Crippen molar-refractivity contribution in [2.24, 2.45) is 5.92 Å². The third-order valence-electron chi connectivity index (χ3n) is 2.89. The lowest BCUT2D eigenvalue weighted by molar-refractivity contribution is -0.0532. The van der Waals surface area contributed by atoms with Crippen LogP contribution in [0.5, 0.6) is 0 Å². The van der Waals surface area contributed by atoms with E-state index in [0.29, 0.717) is 12.5 Å². The van der Waals surface area contributed by atoms with Gasteiger partial charge in [-0.3, -0.25) is 0 Å². The van der Waals surface area contributed by atoms with Gasteiger partial charge in [-0.15, -0.1) is 0 Å². The fourth-order valence-electron chi connectivity index (χ4n) is 1.94. The second kappa shape index (κ2) is 3.71. The lowest BCUT2D eigenvalue weighted by atomic mass is 9.90. The second-order valence-electron chi connectivity index (χ2n) is 4.00. The molecule has 0 heterocycles. The average molecular weight is 192 g/mol. The van der Waals surface area contributed by atoms with Crippen LogP contribution in [-0.2, 0) is 10.3 Å². The Balaban J connectivity index is 2.26. The lowest BCUT2D eigenvalue weighted by Crippen LogP contribution is -2.33. The summed E-state index contributed by atoms with van der Waals surface area (Å²) < 4.78 is 5.11. The summed E-state index contributed by atoms with van der Waals surface area (Å²) in [4.78, 5) is 0. The van der Waals surface area contributed by atoms with Crippen molar-refractivity contribution < 1.29 is 9.84 Å². The Hall–Kier alpha value is -0.860. The van der Waals surface area contributed by atoms with Gasteiger partial charge in [0.1, 0.15) is 5.60 Å². The van der Waals surface area contributed by atoms with Gasteiger partial charge in [0, 0.05) is 7.11 Å². The summed E-state index contributed by atoms with van der Waals surface area (Å²) in [7, 11) is 1.64. The molecule has 0 spiro atoms. The van der Waals surface area contributed by atoms with Gasteiger partial charge in [0.15, 0.2) is 0 Å². The van der Waals surface area contributed by atoms with E-state index < -0.39 is 5.60 Å². The standard InChI is InChI=1S/C12H16O2/c1-14-9-12(13,11-7-8-11)10-5-3-2-4-6-10/h2-6,11,13H,7-9H2,1H3. The summed E-state index contributed by atoms with van der Waals surface area (Å²) in [6.45, 7) is 0.391. The predicted octanol–water partition coefficient (Wildman–Crippen LogP) is 1.93. The molecule has 1 aliphatic carbocycles. The Morgan fingerprint density at radius 1 is 1.36 bits per heavy atom. The molecule has 0 bridgehead atoms. The summed E-state index contributed by atoms with van der Waals surface area (Å²) in [5.74, 6) is 0.379. The molecule has 1 N–H and O–H groups in total. The number of ether oxygens (including phenoxy) is 1. The van der Waals surface area contributed by atoms with Crippen molar-refractivity contribution in [1.82, 2.24) is 0 Å². The van der Waals surface area contributed by atoms with Gasteiger partial charge >= 0.3 is 0 Å². The van der Waals surface area contributed by atoms with E-state index in [1.165, 1.54) is 0 Å². The molecule has 0 radical (unpaired) electrons. The average Bonchev–Trinajstić information content (AvgIpc) is 3.03. The minimum absolute atomic E-state index is 0.379.